The van der Waals surface area contributed by atoms with Crippen molar-refractivity contribution in [3.63, 3.8) is 0 Å². The molecule has 0 aliphatic heterocycles. The van der Waals surface area contributed by atoms with Gasteiger partial charge >= 0.3 is 0 Å². The molecule has 0 saturated carbocycles. The summed E-state index contributed by atoms with van der Waals surface area (Å²) in [4.78, 5) is 25.2. The SMILES string of the molecule is Cc1ccccc1CNC(=O)CNc1ccc(CC(=O)N(C)C)cc1. The minimum Gasteiger partial charge on any atom is -0.376 e. The van der Waals surface area contributed by atoms with E-state index in [9.17, 15) is 9.59 Å². The number of nitrogens with zero attached hydrogens (tertiary/aromatic N) is 1. The van der Waals surface area contributed by atoms with Gasteiger partial charge in [0, 0.05) is 26.3 Å². The first kappa shape index (κ1) is 18.5. The summed E-state index contributed by atoms with van der Waals surface area (Å²) in [6.07, 6.45) is 0.379. The number of amides is 2. The Bertz CT molecular complexity index is 724. The summed E-state index contributed by atoms with van der Waals surface area (Å²) in [7, 11) is 3.49. The molecule has 2 aromatic carbocycles. The average molecular weight is 339 g/mol. The molecular weight excluding hydrogens is 314 g/mol. The number of carbonyl (C=O) groups excluding carboxylic acids is 2. The molecule has 132 valence electrons. The molecule has 0 aliphatic carbocycles. The van der Waals surface area contributed by atoms with Crippen molar-refractivity contribution in [3.8, 4) is 0 Å². The first-order valence-electron chi connectivity index (χ1n) is 8.30. The Hall–Kier alpha value is -2.82. The third-order valence-corrected chi connectivity index (χ3v) is 4.00. The Morgan fingerprint density at radius 1 is 1.00 bits per heavy atom. The van der Waals surface area contributed by atoms with Crippen LogP contribution < -0.4 is 10.6 Å². The molecule has 5 heteroatoms. The van der Waals surface area contributed by atoms with Crippen LogP contribution in [0, 0.1) is 6.92 Å². The Morgan fingerprint density at radius 2 is 1.68 bits per heavy atom. The molecule has 0 unspecified atom stereocenters. The maximum Gasteiger partial charge on any atom is 0.239 e. The third kappa shape index (κ3) is 5.95. The highest BCUT2D eigenvalue weighted by Gasteiger charge is 2.06. The van der Waals surface area contributed by atoms with E-state index >= 15 is 0 Å². The van der Waals surface area contributed by atoms with E-state index in [1.54, 1.807) is 19.0 Å². The summed E-state index contributed by atoms with van der Waals surface area (Å²) in [5.41, 5.74) is 4.09. The largest absolute Gasteiger partial charge is 0.376 e. The number of nitrogens with one attached hydrogen (secondary N) is 2. The molecular formula is C20H25N3O2. The van der Waals surface area contributed by atoms with E-state index in [2.05, 4.69) is 10.6 Å². The van der Waals surface area contributed by atoms with Gasteiger partial charge in [-0.25, -0.2) is 0 Å². The number of carbonyl (C=O) groups is 2. The van der Waals surface area contributed by atoms with Gasteiger partial charge in [-0.3, -0.25) is 9.59 Å². The molecule has 0 spiro atoms. The topological polar surface area (TPSA) is 61.4 Å². The number of rotatable bonds is 7. The molecule has 2 amide bonds. The molecule has 0 heterocycles. The highest BCUT2D eigenvalue weighted by atomic mass is 16.2. The second-order valence-electron chi connectivity index (χ2n) is 6.22. The summed E-state index contributed by atoms with van der Waals surface area (Å²) in [6, 6.07) is 15.6. The van der Waals surface area contributed by atoms with Crippen molar-refractivity contribution >= 4 is 17.5 Å². The van der Waals surface area contributed by atoms with E-state index in [1.165, 1.54) is 5.56 Å². The Kier molecular flexibility index (Phi) is 6.57. The van der Waals surface area contributed by atoms with Crippen LogP contribution in [0.25, 0.3) is 0 Å². The number of hydrogen-bond acceptors (Lipinski definition) is 3. The van der Waals surface area contributed by atoms with Gasteiger partial charge in [0.15, 0.2) is 0 Å². The Morgan fingerprint density at radius 3 is 2.32 bits per heavy atom. The lowest BCUT2D eigenvalue weighted by Gasteiger charge is -2.11. The minimum absolute atomic E-state index is 0.0601. The van der Waals surface area contributed by atoms with Crippen LogP contribution in [0.1, 0.15) is 16.7 Å². The van der Waals surface area contributed by atoms with Gasteiger partial charge in [0.05, 0.1) is 13.0 Å². The van der Waals surface area contributed by atoms with E-state index < -0.39 is 0 Å². The molecule has 2 N–H and O–H groups in total. The number of anilines is 1. The standard InChI is InChI=1S/C20H25N3O2/c1-15-6-4-5-7-17(15)13-22-19(24)14-21-18-10-8-16(9-11-18)12-20(25)23(2)3/h4-11,21H,12-14H2,1-3H3,(H,22,24). The molecule has 0 aliphatic rings. The quantitative estimate of drug-likeness (QED) is 0.814. The molecule has 0 aromatic heterocycles. The monoisotopic (exact) mass is 339 g/mol. The van der Waals surface area contributed by atoms with Crippen molar-refractivity contribution in [3.05, 3.63) is 65.2 Å². The van der Waals surface area contributed by atoms with E-state index in [0.29, 0.717) is 13.0 Å². The highest BCUT2D eigenvalue weighted by molar-refractivity contribution is 5.81. The van der Waals surface area contributed by atoms with E-state index in [-0.39, 0.29) is 18.4 Å². The number of hydrogen-bond donors (Lipinski definition) is 2. The lowest BCUT2D eigenvalue weighted by atomic mass is 10.1. The van der Waals surface area contributed by atoms with Crippen molar-refractivity contribution in [2.24, 2.45) is 0 Å². The Labute approximate surface area is 149 Å². The molecule has 0 bridgehead atoms. The van der Waals surface area contributed by atoms with Crippen LogP contribution in [0.15, 0.2) is 48.5 Å². The van der Waals surface area contributed by atoms with Crippen LogP contribution in [0.2, 0.25) is 0 Å². The maximum absolute atomic E-state index is 12.0. The van der Waals surface area contributed by atoms with Crippen molar-refractivity contribution in [2.75, 3.05) is 26.0 Å². The molecule has 25 heavy (non-hydrogen) atoms. The van der Waals surface area contributed by atoms with Gasteiger partial charge in [0.2, 0.25) is 11.8 Å². The van der Waals surface area contributed by atoms with Crippen LogP contribution in [-0.4, -0.2) is 37.4 Å². The first-order valence-corrected chi connectivity index (χ1v) is 8.30. The van der Waals surface area contributed by atoms with Crippen molar-refractivity contribution in [1.82, 2.24) is 10.2 Å². The summed E-state index contributed by atoms with van der Waals surface area (Å²) in [6.45, 7) is 2.77. The van der Waals surface area contributed by atoms with Crippen molar-refractivity contribution in [1.29, 1.82) is 0 Å². The summed E-state index contributed by atoms with van der Waals surface area (Å²) in [5.74, 6) is 0.00593. The summed E-state index contributed by atoms with van der Waals surface area (Å²) >= 11 is 0. The summed E-state index contributed by atoms with van der Waals surface area (Å²) < 4.78 is 0. The van der Waals surface area contributed by atoms with Crippen LogP contribution in [0.3, 0.4) is 0 Å². The predicted octanol–water partition coefficient (Wildman–Crippen LogP) is 2.35. The fourth-order valence-corrected chi connectivity index (χ4v) is 2.32. The van der Waals surface area contributed by atoms with Crippen LogP contribution in [0.4, 0.5) is 5.69 Å². The zero-order valence-corrected chi connectivity index (χ0v) is 15.0. The molecule has 2 aromatic rings. The fourth-order valence-electron chi connectivity index (χ4n) is 2.32. The molecule has 0 radical (unpaired) electrons. The zero-order valence-electron chi connectivity index (χ0n) is 15.0. The number of likely N-dealkylation sites (N-methyl/N-ethyl adjacent to an activating group) is 1. The van der Waals surface area contributed by atoms with Gasteiger partial charge in [0.25, 0.3) is 0 Å². The fraction of sp³-hybridized carbons (Fsp3) is 0.300. The van der Waals surface area contributed by atoms with Gasteiger partial charge in [-0.1, -0.05) is 36.4 Å². The van der Waals surface area contributed by atoms with Gasteiger partial charge in [0.1, 0.15) is 0 Å². The summed E-state index contributed by atoms with van der Waals surface area (Å²) in [5, 5.41) is 6.00. The molecule has 0 saturated heterocycles. The first-order chi connectivity index (χ1) is 12.0. The second-order valence-corrected chi connectivity index (χ2v) is 6.22. The van der Waals surface area contributed by atoms with Gasteiger partial charge < -0.3 is 15.5 Å². The van der Waals surface area contributed by atoms with E-state index in [1.807, 2.05) is 55.5 Å². The smallest absolute Gasteiger partial charge is 0.239 e. The third-order valence-electron chi connectivity index (χ3n) is 4.00. The molecule has 5 nitrogen and oxygen atoms in total. The lowest BCUT2D eigenvalue weighted by molar-refractivity contribution is -0.128. The molecule has 0 fully saturated rings. The number of benzene rings is 2. The van der Waals surface area contributed by atoms with Crippen molar-refractivity contribution in [2.45, 2.75) is 19.9 Å². The zero-order chi connectivity index (χ0) is 18.2. The normalized spacial score (nSPS) is 10.2. The second kappa shape index (κ2) is 8.87. The molecule has 0 atom stereocenters. The highest BCUT2D eigenvalue weighted by Crippen LogP contribution is 2.10. The van der Waals surface area contributed by atoms with Crippen LogP contribution >= 0.6 is 0 Å². The maximum atomic E-state index is 12.0. The molecule has 2 rings (SSSR count). The minimum atomic E-state index is -0.0601. The van der Waals surface area contributed by atoms with E-state index in [4.69, 9.17) is 0 Å². The average Bonchev–Trinajstić information content (AvgIpc) is 2.60. The van der Waals surface area contributed by atoms with Crippen LogP contribution in [0.5, 0.6) is 0 Å². The van der Waals surface area contributed by atoms with Crippen LogP contribution in [-0.2, 0) is 22.6 Å². The number of aryl methyl sites for hydroxylation is 1. The Balaban J connectivity index is 1.78. The predicted molar refractivity (Wildman–Crippen MR) is 100 cm³/mol. The van der Waals surface area contributed by atoms with E-state index in [0.717, 1.165) is 16.8 Å². The van der Waals surface area contributed by atoms with Gasteiger partial charge in [-0.15, -0.1) is 0 Å². The lowest BCUT2D eigenvalue weighted by Crippen LogP contribution is -2.29. The van der Waals surface area contributed by atoms with Crippen molar-refractivity contribution < 1.29 is 9.59 Å². The van der Waals surface area contributed by atoms with Gasteiger partial charge in [-0.05, 0) is 35.7 Å². The van der Waals surface area contributed by atoms with Gasteiger partial charge in [-0.2, -0.15) is 0 Å².